The minimum atomic E-state index is -1.56. The molecule has 8 heteroatoms. The Balaban J connectivity index is 1.72. The summed E-state index contributed by atoms with van der Waals surface area (Å²) in [4.78, 5) is 16.2. The lowest BCUT2D eigenvalue weighted by Crippen LogP contribution is -2.34. The Morgan fingerprint density at radius 1 is 1.06 bits per heavy atom. The minimum Gasteiger partial charge on any atom is -0.495 e. The van der Waals surface area contributed by atoms with E-state index >= 15 is 0 Å². The van der Waals surface area contributed by atoms with Crippen LogP contribution in [0, 0.1) is 40.4 Å². The van der Waals surface area contributed by atoms with Gasteiger partial charge in [0.05, 0.1) is 35.9 Å². The van der Waals surface area contributed by atoms with Gasteiger partial charge < -0.3 is 14.8 Å². The summed E-state index contributed by atoms with van der Waals surface area (Å²) in [6, 6.07) is 13.9. The first-order valence-corrected chi connectivity index (χ1v) is 11.0. The number of hydrogen-bond donors (Lipinski definition) is 1. The van der Waals surface area contributed by atoms with Crippen molar-refractivity contribution in [3.8, 4) is 35.6 Å². The van der Waals surface area contributed by atoms with Gasteiger partial charge in [-0.05, 0) is 42.8 Å². The monoisotopic (exact) mass is 468 g/mol. The smallest absolute Gasteiger partial charge is 0.255 e. The van der Waals surface area contributed by atoms with Crippen LogP contribution in [0.3, 0.4) is 0 Å². The van der Waals surface area contributed by atoms with E-state index in [2.05, 4.69) is 34.3 Å². The number of amides is 1. The molecule has 1 N–H and O–H groups in total. The molecular formula is C27H21FN4O3. The minimum absolute atomic E-state index is 0.0470. The molecule has 1 aliphatic rings. The van der Waals surface area contributed by atoms with Crippen LogP contribution in [0.4, 0.5) is 4.39 Å². The van der Waals surface area contributed by atoms with Crippen molar-refractivity contribution < 1.29 is 18.7 Å². The molecule has 3 aromatic rings. The number of nitrogens with zero attached hydrogens (tertiary/aromatic N) is 3. The number of methoxy groups -OCH3 is 1. The summed E-state index contributed by atoms with van der Waals surface area (Å²) in [5.74, 6) is 5.63. The number of carbonyl (C=O) groups excluding carboxylic acids is 1. The Morgan fingerprint density at radius 2 is 1.80 bits per heavy atom. The third-order valence-electron chi connectivity index (χ3n) is 5.99. The predicted octanol–water partition coefficient (Wildman–Crippen LogP) is 3.63. The second-order valence-corrected chi connectivity index (χ2v) is 8.03. The molecule has 4 rings (SSSR count). The number of hydrogen-bond acceptors (Lipinski definition) is 6. The zero-order valence-electron chi connectivity index (χ0n) is 19.1. The summed E-state index contributed by atoms with van der Waals surface area (Å²) in [6.07, 6.45) is 0.479. The summed E-state index contributed by atoms with van der Waals surface area (Å²) < 4.78 is 25.4. The highest BCUT2D eigenvalue weighted by Crippen LogP contribution is 2.33. The van der Waals surface area contributed by atoms with Gasteiger partial charge in [-0.15, -0.1) is 0 Å². The van der Waals surface area contributed by atoms with Crippen LogP contribution in [-0.2, 0) is 4.79 Å². The van der Waals surface area contributed by atoms with Crippen LogP contribution in [0.2, 0.25) is 0 Å². The normalized spacial score (nSPS) is 18.7. The van der Waals surface area contributed by atoms with Crippen molar-refractivity contribution in [2.24, 2.45) is 5.92 Å². The van der Waals surface area contributed by atoms with Crippen LogP contribution in [0.1, 0.15) is 35.6 Å². The molecule has 0 radical (unpaired) electrons. The maximum Gasteiger partial charge on any atom is 0.255 e. The van der Waals surface area contributed by atoms with Crippen LogP contribution < -0.4 is 14.8 Å². The fraction of sp³-hybridized carbons (Fsp3) is 0.259. The summed E-state index contributed by atoms with van der Waals surface area (Å²) in [6.45, 7) is 1.87. The van der Waals surface area contributed by atoms with Gasteiger partial charge in [-0.2, -0.15) is 10.5 Å². The number of ether oxygens (including phenoxy) is 2. The van der Waals surface area contributed by atoms with Crippen LogP contribution in [0.5, 0.6) is 11.6 Å². The maximum absolute atomic E-state index is 14.2. The maximum atomic E-state index is 14.2. The van der Waals surface area contributed by atoms with Crippen molar-refractivity contribution in [1.29, 1.82) is 10.5 Å². The molecule has 1 saturated heterocycles. The Morgan fingerprint density at radius 3 is 2.46 bits per heavy atom. The van der Waals surface area contributed by atoms with E-state index in [9.17, 15) is 14.4 Å². The summed E-state index contributed by atoms with van der Waals surface area (Å²) in [5, 5.41) is 22.4. The fourth-order valence-corrected chi connectivity index (χ4v) is 4.07. The average Bonchev–Trinajstić information content (AvgIpc) is 3.17. The molecule has 0 aliphatic carbocycles. The summed E-state index contributed by atoms with van der Waals surface area (Å²) in [7, 11) is 1.46. The molecule has 1 amide bonds. The first kappa shape index (κ1) is 23.5. The van der Waals surface area contributed by atoms with Crippen LogP contribution in [-0.4, -0.2) is 36.8 Å². The molecule has 1 aliphatic heterocycles. The average molecular weight is 468 g/mol. The third-order valence-corrected chi connectivity index (χ3v) is 5.99. The fourth-order valence-electron chi connectivity index (χ4n) is 4.07. The van der Waals surface area contributed by atoms with Crippen molar-refractivity contribution in [2.45, 2.75) is 25.6 Å². The first-order chi connectivity index (χ1) is 17.0. The number of carbonyl (C=O) groups is 1. The number of alkyl halides is 1. The molecule has 1 aromatic heterocycles. The zero-order chi connectivity index (χ0) is 24.9. The lowest BCUT2D eigenvalue weighted by Gasteiger charge is -2.19. The third kappa shape index (κ3) is 4.71. The molecule has 2 heterocycles. The molecule has 1 fully saturated rings. The van der Waals surface area contributed by atoms with Crippen LogP contribution in [0.15, 0.2) is 42.6 Å². The van der Waals surface area contributed by atoms with E-state index in [1.54, 1.807) is 42.6 Å². The van der Waals surface area contributed by atoms with Gasteiger partial charge in [-0.3, -0.25) is 4.79 Å². The van der Waals surface area contributed by atoms with Gasteiger partial charge in [0.1, 0.15) is 18.4 Å². The van der Waals surface area contributed by atoms with Gasteiger partial charge in [0.2, 0.25) is 5.88 Å². The van der Waals surface area contributed by atoms with E-state index < -0.39 is 24.0 Å². The van der Waals surface area contributed by atoms with Gasteiger partial charge in [-0.25, -0.2) is 9.37 Å². The van der Waals surface area contributed by atoms with Gasteiger partial charge in [0.15, 0.2) is 6.17 Å². The predicted molar refractivity (Wildman–Crippen MR) is 126 cm³/mol. The molecule has 174 valence electrons. The van der Waals surface area contributed by atoms with Crippen molar-refractivity contribution in [2.75, 3.05) is 13.7 Å². The Kier molecular flexibility index (Phi) is 6.81. The van der Waals surface area contributed by atoms with Crippen LogP contribution >= 0.6 is 0 Å². The van der Waals surface area contributed by atoms with Gasteiger partial charge >= 0.3 is 0 Å². The summed E-state index contributed by atoms with van der Waals surface area (Å²) >= 11 is 0. The number of aromatic nitrogens is 1. The Hall–Kier alpha value is -4.61. The second-order valence-electron chi connectivity index (χ2n) is 8.03. The SMILES string of the molecule is CC[C@@H]1[C@H](F)C(=O)N[C@@H]1COc1ncc(C#Cc2ccc(C#N)cc2)c2cc(C#N)c(OC)cc12. The lowest BCUT2D eigenvalue weighted by molar-refractivity contribution is -0.123. The highest BCUT2D eigenvalue weighted by atomic mass is 19.1. The number of nitrogens with one attached hydrogen (secondary N) is 1. The standard InChI is InChI=1S/C27H21FN4O3/c1-3-20-23(32-26(33)25(20)28)15-35-27-22-11-24(34-2)19(13-30)10-21(22)18(14-31-27)9-8-16-4-6-17(12-29)7-5-16/h4-7,10-11,14,20,23,25H,3,15H2,1-2H3,(H,32,33)/t20-,23+,25-/m0/s1. The summed E-state index contributed by atoms with van der Waals surface area (Å²) in [5.41, 5.74) is 2.15. The number of rotatable bonds is 5. The molecule has 3 atom stereocenters. The van der Waals surface area contributed by atoms with Crippen molar-refractivity contribution >= 4 is 16.7 Å². The molecule has 7 nitrogen and oxygen atoms in total. The number of fused-ring (bicyclic) bond motifs is 1. The Labute approximate surface area is 202 Å². The Bertz CT molecular complexity index is 1430. The van der Waals surface area contributed by atoms with Crippen molar-refractivity contribution in [3.63, 3.8) is 0 Å². The quantitative estimate of drug-likeness (QED) is 0.573. The van der Waals surface area contributed by atoms with Crippen molar-refractivity contribution in [1.82, 2.24) is 10.3 Å². The molecule has 35 heavy (non-hydrogen) atoms. The lowest BCUT2D eigenvalue weighted by atomic mass is 9.97. The van der Waals surface area contributed by atoms with E-state index in [-0.39, 0.29) is 12.5 Å². The largest absolute Gasteiger partial charge is 0.495 e. The molecule has 0 spiro atoms. The number of pyridine rings is 1. The van der Waals surface area contributed by atoms with E-state index in [1.807, 2.05) is 6.92 Å². The van der Waals surface area contributed by atoms with Crippen molar-refractivity contribution in [3.05, 3.63) is 64.8 Å². The highest BCUT2D eigenvalue weighted by Gasteiger charge is 2.41. The van der Waals surface area contributed by atoms with E-state index in [0.717, 1.165) is 5.56 Å². The van der Waals surface area contributed by atoms with E-state index in [0.29, 0.717) is 39.6 Å². The first-order valence-electron chi connectivity index (χ1n) is 11.0. The molecule has 0 saturated carbocycles. The van der Waals surface area contributed by atoms with Crippen LogP contribution in [0.25, 0.3) is 10.8 Å². The topological polar surface area (TPSA) is 108 Å². The molecule has 2 aromatic carbocycles. The highest BCUT2D eigenvalue weighted by molar-refractivity contribution is 5.94. The van der Waals surface area contributed by atoms with Gasteiger partial charge in [-0.1, -0.05) is 18.8 Å². The van der Waals surface area contributed by atoms with E-state index in [4.69, 9.17) is 14.7 Å². The number of benzene rings is 2. The van der Waals surface area contributed by atoms with E-state index in [1.165, 1.54) is 7.11 Å². The number of halogens is 1. The van der Waals surface area contributed by atoms with Gasteiger partial charge in [0, 0.05) is 28.5 Å². The van der Waals surface area contributed by atoms with Gasteiger partial charge in [0.25, 0.3) is 5.91 Å². The zero-order valence-corrected chi connectivity index (χ0v) is 19.1. The molecular weight excluding hydrogens is 447 g/mol. The second kappa shape index (κ2) is 10.1. The molecule has 0 unspecified atom stereocenters. The molecule has 0 bridgehead atoms. The number of nitriles is 2.